The normalized spacial score (nSPS) is 14.2. The maximum absolute atomic E-state index is 9.16. The summed E-state index contributed by atoms with van der Waals surface area (Å²) in [5.41, 5.74) is 7.29. The Labute approximate surface area is 180 Å². The van der Waals surface area contributed by atoms with Crippen LogP contribution in [0, 0.1) is 11.3 Å². The van der Waals surface area contributed by atoms with E-state index >= 15 is 0 Å². The van der Waals surface area contributed by atoms with Crippen molar-refractivity contribution < 1.29 is 4.74 Å². The molecule has 0 saturated heterocycles. The number of H-pyrrole nitrogens is 2. The van der Waals surface area contributed by atoms with Crippen LogP contribution in [0.3, 0.4) is 0 Å². The molecule has 31 heavy (non-hydrogen) atoms. The SMILES string of the molecule is CC1=N/C(=C\c2[nH]c(-c3cc4cc(C#N)ccc4[nH]3)cc2OCc2ccccc2)C=C1. The zero-order valence-electron chi connectivity index (χ0n) is 17.0. The minimum absolute atomic E-state index is 0.477. The van der Waals surface area contributed by atoms with Gasteiger partial charge in [0.05, 0.1) is 34.4 Å². The Morgan fingerprint density at radius 1 is 1.00 bits per heavy atom. The van der Waals surface area contributed by atoms with Crippen LogP contribution in [0.4, 0.5) is 0 Å². The van der Waals surface area contributed by atoms with Gasteiger partial charge in [0.25, 0.3) is 0 Å². The molecule has 2 aromatic carbocycles. The van der Waals surface area contributed by atoms with E-state index in [9.17, 15) is 0 Å². The summed E-state index contributed by atoms with van der Waals surface area (Å²) < 4.78 is 6.17. The molecule has 0 bridgehead atoms. The molecule has 0 atom stereocenters. The van der Waals surface area contributed by atoms with Gasteiger partial charge >= 0.3 is 0 Å². The van der Waals surface area contributed by atoms with Gasteiger partial charge in [-0.1, -0.05) is 30.3 Å². The number of ether oxygens (including phenoxy) is 1. The zero-order chi connectivity index (χ0) is 21.2. The summed E-state index contributed by atoms with van der Waals surface area (Å²) in [6.45, 7) is 2.45. The van der Waals surface area contributed by atoms with E-state index in [1.807, 2.05) is 85.8 Å². The second kappa shape index (κ2) is 7.85. The fourth-order valence-electron chi connectivity index (χ4n) is 3.62. The number of nitriles is 1. The number of allylic oxidation sites excluding steroid dienone is 2. The first-order chi connectivity index (χ1) is 15.2. The van der Waals surface area contributed by atoms with Gasteiger partial charge in [-0.25, -0.2) is 0 Å². The smallest absolute Gasteiger partial charge is 0.145 e. The Balaban J connectivity index is 1.52. The molecule has 3 heterocycles. The summed E-state index contributed by atoms with van der Waals surface area (Å²) in [4.78, 5) is 11.4. The molecule has 5 nitrogen and oxygen atoms in total. The molecule has 0 fully saturated rings. The lowest BCUT2D eigenvalue weighted by molar-refractivity contribution is 0.306. The third kappa shape index (κ3) is 3.92. The summed E-state index contributed by atoms with van der Waals surface area (Å²) in [6, 6.07) is 21.9. The van der Waals surface area contributed by atoms with Crippen LogP contribution in [-0.2, 0) is 6.61 Å². The lowest BCUT2D eigenvalue weighted by Crippen LogP contribution is -1.95. The molecule has 150 valence electrons. The number of aromatic amines is 2. The molecule has 5 rings (SSSR count). The number of benzene rings is 2. The second-order valence-electron chi connectivity index (χ2n) is 7.49. The molecule has 5 heteroatoms. The fraction of sp³-hybridized carbons (Fsp3) is 0.0769. The van der Waals surface area contributed by atoms with E-state index in [4.69, 9.17) is 10.00 Å². The Bertz CT molecular complexity index is 1390. The minimum atomic E-state index is 0.477. The van der Waals surface area contributed by atoms with Crippen LogP contribution < -0.4 is 4.74 Å². The van der Waals surface area contributed by atoms with Gasteiger partial charge in [0.1, 0.15) is 12.4 Å². The van der Waals surface area contributed by atoms with Crippen molar-refractivity contribution in [2.24, 2.45) is 4.99 Å². The molecule has 0 aliphatic carbocycles. The van der Waals surface area contributed by atoms with E-state index in [2.05, 4.69) is 21.0 Å². The summed E-state index contributed by atoms with van der Waals surface area (Å²) in [5, 5.41) is 10.2. The summed E-state index contributed by atoms with van der Waals surface area (Å²) in [5.74, 6) is 0.760. The largest absolute Gasteiger partial charge is 0.487 e. The van der Waals surface area contributed by atoms with Crippen molar-refractivity contribution in [3.63, 3.8) is 0 Å². The Hall–Kier alpha value is -4.30. The number of nitrogens with zero attached hydrogens (tertiary/aromatic N) is 2. The first kappa shape index (κ1) is 18.7. The van der Waals surface area contributed by atoms with Crippen molar-refractivity contribution >= 4 is 22.7 Å². The predicted octanol–water partition coefficient (Wildman–Crippen LogP) is 5.99. The first-order valence-corrected chi connectivity index (χ1v) is 10.1. The molecule has 0 radical (unpaired) electrons. The molecule has 0 spiro atoms. The average Bonchev–Trinajstić information content (AvgIpc) is 3.51. The van der Waals surface area contributed by atoms with E-state index in [1.165, 1.54) is 0 Å². The van der Waals surface area contributed by atoms with Crippen LogP contribution in [0.2, 0.25) is 0 Å². The molecular weight excluding hydrogens is 384 g/mol. The molecule has 0 saturated carbocycles. The van der Waals surface area contributed by atoms with Crippen molar-refractivity contribution in [1.82, 2.24) is 9.97 Å². The average molecular weight is 404 g/mol. The van der Waals surface area contributed by atoms with Crippen molar-refractivity contribution in [3.05, 3.63) is 95.3 Å². The first-order valence-electron chi connectivity index (χ1n) is 10.1. The molecular formula is C26H20N4O. The number of rotatable bonds is 5. The van der Waals surface area contributed by atoms with Crippen LogP contribution in [-0.4, -0.2) is 15.7 Å². The highest BCUT2D eigenvalue weighted by molar-refractivity contribution is 5.97. The van der Waals surface area contributed by atoms with Gasteiger partial charge in [0.15, 0.2) is 0 Å². The zero-order valence-corrected chi connectivity index (χ0v) is 17.0. The topological polar surface area (TPSA) is 77.0 Å². The number of hydrogen-bond acceptors (Lipinski definition) is 3. The molecule has 0 amide bonds. The molecule has 1 aliphatic rings. The van der Waals surface area contributed by atoms with Crippen LogP contribution in [0.1, 0.15) is 23.7 Å². The summed E-state index contributed by atoms with van der Waals surface area (Å²) in [7, 11) is 0. The van der Waals surface area contributed by atoms with Crippen LogP contribution in [0.5, 0.6) is 5.75 Å². The number of hydrogen-bond donors (Lipinski definition) is 2. The maximum Gasteiger partial charge on any atom is 0.145 e. The Morgan fingerprint density at radius 2 is 1.84 bits per heavy atom. The Kier molecular flexibility index (Phi) is 4.74. The third-order valence-corrected chi connectivity index (χ3v) is 5.18. The van der Waals surface area contributed by atoms with E-state index < -0.39 is 0 Å². The van der Waals surface area contributed by atoms with Crippen molar-refractivity contribution in [3.8, 4) is 23.2 Å². The molecule has 4 aromatic rings. The van der Waals surface area contributed by atoms with Gasteiger partial charge in [-0.2, -0.15) is 5.26 Å². The van der Waals surface area contributed by atoms with Gasteiger partial charge in [-0.3, -0.25) is 4.99 Å². The van der Waals surface area contributed by atoms with Gasteiger partial charge in [0, 0.05) is 22.7 Å². The van der Waals surface area contributed by atoms with Gasteiger partial charge < -0.3 is 14.7 Å². The van der Waals surface area contributed by atoms with E-state index in [-0.39, 0.29) is 0 Å². The lowest BCUT2D eigenvalue weighted by atomic mass is 10.2. The number of fused-ring (bicyclic) bond motifs is 1. The van der Waals surface area contributed by atoms with Gasteiger partial charge in [0.2, 0.25) is 0 Å². The van der Waals surface area contributed by atoms with Gasteiger partial charge in [-0.05, 0) is 55.0 Å². The van der Waals surface area contributed by atoms with E-state index in [1.54, 1.807) is 0 Å². The number of aromatic nitrogens is 2. The maximum atomic E-state index is 9.16. The van der Waals surface area contributed by atoms with Crippen molar-refractivity contribution in [1.29, 1.82) is 5.26 Å². The highest BCUT2D eigenvalue weighted by Gasteiger charge is 2.13. The molecule has 0 unspecified atom stereocenters. The quantitative estimate of drug-likeness (QED) is 0.429. The van der Waals surface area contributed by atoms with Crippen molar-refractivity contribution in [2.75, 3.05) is 0 Å². The summed E-state index contributed by atoms with van der Waals surface area (Å²) in [6.07, 6.45) is 5.97. The highest BCUT2D eigenvalue weighted by atomic mass is 16.5. The van der Waals surface area contributed by atoms with Gasteiger partial charge in [-0.15, -0.1) is 0 Å². The van der Waals surface area contributed by atoms with E-state index in [0.29, 0.717) is 12.2 Å². The Morgan fingerprint density at radius 3 is 2.61 bits per heavy atom. The van der Waals surface area contributed by atoms with Crippen molar-refractivity contribution in [2.45, 2.75) is 13.5 Å². The summed E-state index contributed by atoms with van der Waals surface area (Å²) >= 11 is 0. The number of aliphatic imine (C=N–C) groups is 1. The number of nitrogens with one attached hydrogen (secondary N) is 2. The minimum Gasteiger partial charge on any atom is -0.487 e. The molecule has 2 N–H and O–H groups in total. The lowest BCUT2D eigenvalue weighted by Gasteiger charge is -2.05. The fourth-order valence-corrected chi connectivity index (χ4v) is 3.62. The molecule has 2 aromatic heterocycles. The van der Waals surface area contributed by atoms with Crippen LogP contribution in [0.15, 0.2) is 83.5 Å². The third-order valence-electron chi connectivity index (χ3n) is 5.18. The van der Waals surface area contributed by atoms with Crippen LogP contribution >= 0.6 is 0 Å². The predicted molar refractivity (Wildman–Crippen MR) is 124 cm³/mol. The van der Waals surface area contributed by atoms with Crippen LogP contribution in [0.25, 0.3) is 28.4 Å². The standard InChI is InChI=1S/C26H20N4O/c1-17-7-9-21(28-17)13-25-26(31-16-18-5-3-2-4-6-18)14-24(30-25)23-12-20-11-19(15-27)8-10-22(20)29-23/h2-14,29-30H,16H2,1H3/b21-13-. The second-order valence-corrected chi connectivity index (χ2v) is 7.49. The molecule has 1 aliphatic heterocycles. The monoisotopic (exact) mass is 404 g/mol. The van der Waals surface area contributed by atoms with E-state index in [0.717, 1.165) is 50.7 Å². The highest BCUT2D eigenvalue weighted by Crippen LogP contribution is 2.32.